The normalized spacial score (nSPS) is 11.3. The van der Waals surface area contributed by atoms with Gasteiger partial charge in [-0.15, -0.1) is 0 Å². The third-order valence-electron chi connectivity index (χ3n) is 3.09. The van der Waals surface area contributed by atoms with Gasteiger partial charge < -0.3 is 10.2 Å². The molecular weight excluding hydrogens is 224 g/mol. The van der Waals surface area contributed by atoms with Gasteiger partial charge in [-0.3, -0.25) is 4.68 Å². The predicted molar refractivity (Wildman–Crippen MR) is 78.1 cm³/mol. The number of nitrogens with one attached hydrogen (secondary N) is 1. The zero-order valence-electron chi connectivity index (χ0n) is 12.7. The summed E-state index contributed by atoms with van der Waals surface area (Å²) in [6.07, 6.45) is 1.15. The van der Waals surface area contributed by atoms with E-state index in [4.69, 9.17) is 0 Å². The van der Waals surface area contributed by atoms with Gasteiger partial charge in [0.05, 0.1) is 5.69 Å². The van der Waals surface area contributed by atoms with Crippen LogP contribution in [0.2, 0.25) is 0 Å². The van der Waals surface area contributed by atoms with Crippen molar-refractivity contribution < 1.29 is 0 Å². The molecule has 104 valence electrons. The first-order valence-electron chi connectivity index (χ1n) is 6.91. The van der Waals surface area contributed by atoms with Crippen LogP contribution in [0.25, 0.3) is 0 Å². The lowest BCUT2D eigenvalue weighted by Gasteiger charge is -2.20. The minimum absolute atomic E-state index is 0.679. The van der Waals surface area contributed by atoms with Crippen LogP contribution in [0.15, 0.2) is 0 Å². The van der Waals surface area contributed by atoms with Crippen LogP contribution in [0, 0.1) is 12.8 Å². The van der Waals surface area contributed by atoms with Gasteiger partial charge in [-0.2, -0.15) is 5.10 Å². The number of aromatic nitrogens is 2. The summed E-state index contributed by atoms with van der Waals surface area (Å²) in [7, 11) is 4.17. The maximum atomic E-state index is 4.55. The predicted octanol–water partition coefficient (Wildman–Crippen LogP) is 2.32. The van der Waals surface area contributed by atoms with Gasteiger partial charge in [0.2, 0.25) is 0 Å². The zero-order chi connectivity index (χ0) is 13.7. The molecule has 1 aromatic heterocycles. The van der Waals surface area contributed by atoms with Gasteiger partial charge in [-0.05, 0) is 25.8 Å². The van der Waals surface area contributed by atoms with E-state index in [2.05, 4.69) is 50.1 Å². The quantitative estimate of drug-likeness (QED) is 0.808. The van der Waals surface area contributed by atoms with Crippen LogP contribution in [0.3, 0.4) is 0 Å². The molecule has 0 aromatic carbocycles. The molecule has 0 spiro atoms. The molecule has 4 heteroatoms. The van der Waals surface area contributed by atoms with E-state index in [-0.39, 0.29) is 0 Å². The lowest BCUT2D eigenvalue weighted by atomic mass is 10.2. The number of rotatable bonds is 7. The van der Waals surface area contributed by atoms with Crippen molar-refractivity contribution in [2.24, 2.45) is 13.0 Å². The second-order valence-corrected chi connectivity index (χ2v) is 5.46. The van der Waals surface area contributed by atoms with E-state index < -0.39 is 0 Å². The van der Waals surface area contributed by atoms with Crippen LogP contribution in [0.1, 0.15) is 38.4 Å². The number of hydrogen-bond donors (Lipinski definition) is 1. The summed E-state index contributed by atoms with van der Waals surface area (Å²) in [6, 6.07) is 0. The topological polar surface area (TPSA) is 33.1 Å². The van der Waals surface area contributed by atoms with E-state index in [0.717, 1.165) is 31.7 Å². The highest BCUT2D eigenvalue weighted by molar-refractivity contribution is 5.49. The van der Waals surface area contributed by atoms with E-state index >= 15 is 0 Å². The fourth-order valence-electron chi connectivity index (χ4n) is 2.30. The van der Waals surface area contributed by atoms with Crippen molar-refractivity contribution in [1.29, 1.82) is 0 Å². The molecule has 0 saturated carbocycles. The molecule has 1 N–H and O–H groups in total. The Hall–Kier alpha value is -1.03. The van der Waals surface area contributed by atoms with Crippen molar-refractivity contribution in [2.45, 2.75) is 40.7 Å². The Morgan fingerprint density at radius 3 is 2.61 bits per heavy atom. The molecule has 0 unspecified atom stereocenters. The Morgan fingerprint density at radius 1 is 1.39 bits per heavy atom. The first-order valence-corrected chi connectivity index (χ1v) is 6.91. The van der Waals surface area contributed by atoms with Crippen LogP contribution < -0.4 is 10.2 Å². The van der Waals surface area contributed by atoms with Gasteiger partial charge in [-0.25, -0.2) is 0 Å². The Kier molecular flexibility index (Phi) is 5.66. The Morgan fingerprint density at radius 2 is 2.06 bits per heavy atom. The molecule has 4 nitrogen and oxygen atoms in total. The Bertz CT molecular complexity index is 368. The molecule has 0 amide bonds. The molecule has 0 atom stereocenters. The smallest absolute Gasteiger partial charge is 0.131 e. The van der Waals surface area contributed by atoms with Crippen molar-refractivity contribution in [1.82, 2.24) is 15.1 Å². The van der Waals surface area contributed by atoms with Gasteiger partial charge in [0.15, 0.2) is 0 Å². The fourth-order valence-corrected chi connectivity index (χ4v) is 2.30. The standard InChI is InChI=1S/C14H28N4/c1-7-8-17(5)14-13(10-15-9-11(2)3)12(4)16-18(14)6/h11,15H,7-10H2,1-6H3. The first kappa shape index (κ1) is 15.0. The lowest BCUT2D eigenvalue weighted by Crippen LogP contribution is -2.24. The van der Waals surface area contributed by atoms with E-state index in [1.807, 2.05) is 11.7 Å². The molecule has 1 heterocycles. The highest BCUT2D eigenvalue weighted by atomic mass is 15.4. The zero-order valence-corrected chi connectivity index (χ0v) is 12.7. The van der Waals surface area contributed by atoms with Gasteiger partial charge in [0, 0.05) is 32.7 Å². The van der Waals surface area contributed by atoms with Crippen molar-refractivity contribution in [3.8, 4) is 0 Å². The maximum Gasteiger partial charge on any atom is 0.131 e. The van der Waals surface area contributed by atoms with Gasteiger partial charge in [0.1, 0.15) is 5.82 Å². The summed E-state index contributed by atoms with van der Waals surface area (Å²) in [5.74, 6) is 1.92. The number of nitrogens with zero attached hydrogens (tertiary/aromatic N) is 3. The van der Waals surface area contributed by atoms with E-state index in [0.29, 0.717) is 5.92 Å². The third kappa shape index (κ3) is 3.73. The number of anilines is 1. The van der Waals surface area contributed by atoms with Crippen LogP contribution >= 0.6 is 0 Å². The van der Waals surface area contributed by atoms with Crippen molar-refractivity contribution in [3.05, 3.63) is 11.3 Å². The molecule has 1 aromatic rings. The highest BCUT2D eigenvalue weighted by Crippen LogP contribution is 2.22. The second kappa shape index (κ2) is 6.78. The Balaban J connectivity index is 2.81. The lowest BCUT2D eigenvalue weighted by molar-refractivity contribution is 0.551. The van der Waals surface area contributed by atoms with Crippen LogP contribution in [-0.4, -0.2) is 29.9 Å². The summed E-state index contributed by atoms with van der Waals surface area (Å²) < 4.78 is 2.00. The minimum atomic E-state index is 0.679. The van der Waals surface area contributed by atoms with Crippen LogP contribution in [0.4, 0.5) is 5.82 Å². The van der Waals surface area contributed by atoms with Gasteiger partial charge >= 0.3 is 0 Å². The molecular formula is C14H28N4. The first-order chi connectivity index (χ1) is 8.47. The monoisotopic (exact) mass is 252 g/mol. The maximum absolute atomic E-state index is 4.55. The molecule has 1 rings (SSSR count). The summed E-state index contributed by atoms with van der Waals surface area (Å²) in [5, 5.41) is 8.06. The molecule has 0 fully saturated rings. The van der Waals surface area contributed by atoms with Gasteiger partial charge in [-0.1, -0.05) is 20.8 Å². The van der Waals surface area contributed by atoms with Crippen molar-refractivity contribution in [3.63, 3.8) is 0 Å². The van der Waals surface area contributed by atoms with Crippen molar-refractivity contribution in [2.75, 3.05) is 25.0 Å². The second-order valence-electron chi connectivity index (χ2n) is 5.46. The fraction of sp³-hybridized carbons (Fsp3) is 0.786. The SMILES string of the molecule is CCCN(C)c1c(CNCC(C)C)c(C)nn1C. The van der Waals surface area contributed by atoms with Crippen LogP contribution in [-0.2, 0) is 13.6 Å². The molecule has 0 saturated heterocycles. The molecule has 0 aliphatic heterocycles. The number of aryl methyl sites for hydroxylation is 2. The molecule has 0 aliphatic carbocycles. The summed E-state index contributed by atoms with van der Waals surface area (Å²) in [4.78, 5) is 2.30. The molecule has 0 radical (unpaired) electrons. The minimum Gasteiger partial charge on any atom is -0.360 e. The molecule has 0 aliphatic rings. The third-order valence-corrected chi connectivity index (χ3v) is 3.09. The highest BCUT2D eigenvalue weighted by Gasteiger charge is 2.16. The average molecular weight is 252 g/mol. The summed E-state index contributed by atoms with van der Waals surface area (Å²) in [6.45, 7) is 11.8. The van der Waals surface area contributed by atoms with Crippen molar-refractivity contribution >= 4 is 5.82 Å². The summed E-state index contributed by atoms with van der Waals surface area (Å²) >= 11 is 0. The largest absolute Gasteiger partial charge is 0.360 e. The molecule has 0 bridgehead atoms. The summed E-state index contributed by atoms with van der Waals surface area (Å²) in [5.41, 5.74) is 2.46. The average Bonchev–Trinajstić information content (AvgIpc) is 2.53. The molecule has 18 heavy (non-hydrogen) atoms. The van der Waals surface area contributed by atoms with E-state index in [1.165, 1.54) is 11.4 Å². The number of hydrogen-bond acceptors (Lipinski definition) is 3. The van der Waals surface area contributed by atoms with E-state index in [9.17, 15) is 0 Å². The van der Waals surface area contributed by atoms with Gasteiger partial charge in [0.25, 0.3) is 0 Å². The van der Waals surface area contributed by atoms with Crippen LogP contribution in [0.5, 0.6) is 0 Å². The Labute approximate surface area is 111 Å². The van der Waals surface area contributed by atoms with E-state index in [1.54, 1.807) is 0 Å².